The molecule has 11 heteroatoms. The number of alkyl halides is 4. The fourth-order valence-electron chi connectivity index (χ4n) is 4.27. The van der Waals surface area contributed by atoms with Gasteiger partial charge in [0.15, 0.2) is 0 Å². The molecule has 0 aromatic heterocycles. The van der Waals surface area contributed by atoms with Crippen LogP contribution in [0.1, 0.15) is 32.1 Å². The first-order valence-corrected chi connectivity index (χ1v) is 9.36. The molecule has 0 N–H and O–H groups in total. The highest BCUT2D eigenvalue weighted by Gasteiger charge is 2.64. The second-order valence-corrected chi connectivity index (χ2v) is 7.99. The van der Waals surface area contributed by atoms with Gasteiger partial charge in [0.1, 0.15) is 6.10 Å². The van der Waals surface area contributed by atoms with Gasteiger partial charge in [0.05, 0.1) is 18.4 Å². The number of esters is 2. The second kappa shape index (κ2) is 6.74. The van der Waals surface area contributed by atoms with Gasteiger partial charge in [0.2, 0.25) is 0 Å². The van der Waals surface area contributed by atoms with Gasteiger partial charge in [-0.25, -0.2) is 0 Å². The lowest BCUT2D eigenvalue weighted by Crippen LogP contribution is -2.43. The van der Waals surface area contributed by atoms with E-state index in [0.717, 1.165) is 0 Å². The Hall–Kier alpha value is -1.23. The minimum atomic E-state index is -5.14. The van der Waals surface area contributed by atoms with E-state index in [-0.39, 0.29) is 36.8 Å². The molecule has 1 aliphatic heterocycles. The number of rotatable bonds is 8. The highest BCUT2D eigenvalue weighted by molar-refractivity contribution is 7.80. The van der Waals surface area contributed by atoms with Gasteiger partial charge in [-0.2, -0.15) is 17.6 Å². The molecule has 0 aromatic rings. The maximum absolute atomic E-state index is 13.2. The van der Waals surface area contributed by atoms with Crippen LogP contribution in [-0.4, -0.2) is 44.6 Å². The predicted molar refractivity (Wildman–Crippen MR) is 76.7 cm³/mol. The van der Waals surface area contributed by atoms with E-state index in [1.54, 1.807) is 0 Å². The van der Waals surface area contributed by atoms with Crippen LogP contribution in [0.15, 0.2) is 0 Å². The third-order valence-corrected chi connectivity index (χ3v) is 6.24. The minimum Gasteiger partial charge on any atom is -0.768 e. The van der Waals surface area contributed by atoms with Crippen LogP contribution in [0.25, 0.3) is 0 Å². The summed E-state index contributed by atoms with van der Waals surface area (Å²) >= 11 is -4.23. The van der Waals surface area contributed by atoms with E-state index in [0.29, 0.717) is 12.8 Å². The first-order chi connectivity index (χ1) is 12.1. The van der Waals surface area contributed by atoms with Crippen molar-refractivity contribution in [2.45, 2.75) is 49.4 Å². The van der Waals surface area contributed by atoms with Crippen LogP contribution < -0.4 is 0 Å². The monoisotopic (exact) mass is 401 g/mol. The Kier molecular flexibility index (Phi) is 5.06. The zero-order valence-corrected chi connectivity index (χ0v) is 14.3. The largest absolute Gasteiger partial charge is 0.768 e. The molecule has 2 saturated carbocycles. The Bertz CT molecular complexity index is 627. The number of fused-ring (bicyclic) bond motifs is 1. The van der Waals surface area contributed by atoms with Crippen molar-refractivity contribution in [1.82, 2.24) is 0 Å². The molecule has 148 valence electrons. The van der Waals surface area contributed by atoms with Crippen molar-refractivity contribution in [3.8, 4) is 0 Å². The Balaban J connectivity index is 1.42. The van der Waals surface area contributed by atoms with Crippen LogP contribution in [0.4, 0.5) is 17.6 Å². The molecule has 0 amide bonds. The molecule has 3 fully saturated rings. The summed E-state index contributed by atoms with van der Waals surface area (Å²) in [5.41, 5.74) is 0. The Morgan fingerprint density at radius 1 is 1.27 bits per heavy atom. The van der Waals surface area contributed by atoms with Gasteiger partial charge in [-0.05, 0) is 31.6 Å². The molecule has 1 heterocycles. The molecule has 1 saturated heterocycles. The van der Waals surface area contributed by atoms with E-state index in [1.165, 1.54) is 0 Å². The molecular weight excluding hydrogens is 384 g/mol. The molecule has 2 aliphatic carbocycles. The fourth-order valence-corrected chi connectivity index (χ4v) is 4.61. The van der Waals surface area contributed by atoms with Crippen LogP contribution >= 0.6 is 0 Å². The number of halogens is 4. The molecule has 26 heavy (non-hydrogen) atoms. The van der Waals surface area contributed by atoms with Crippen LogP contribution in [0.2, 0.25) is 0 Å². The van der Waals surface area contributed by atoms with Crippen molar-refractivity contribution in [3.05, 3.63) is 0 Å². The fraction of sp³-hybridized carbons (Fsp3) is 0.867. The average Bonchev–Trinajstić information content (AvgIpc) is 3.16. The first kappa shape index (κ1) is 19.5. The SMILES string of the molecule is O=C1OC2C3CC(CC13)C2C(=O)OCCCCC(F)(F)C(F)(F)S(=O)[O-]. The lowest BCUT2D eigenvalue weighted by atomic mass is 9.82. The molecule has 0 radical (unpaired) electrons. The topological polar surface area (TPSA) is 92.7 Å². The normalized spacial score (nSPS) is 34.0. The van der Waals surface area contributed by atoms with E-state index in [9.17, 15) is 35.9 Å². The zero-order valence-electron chi connectivity index (χ0n) is 13.5. The van der Waals surface area contributed by atoms with Crippen LogP contribution in [0.3, 0.4) is 0 Å². The molecule has 2 bridgehead atoms. The Morgan fingerprint density at radius 2 is 1.96 bits per heavy atom. The van der Waals surface area contributed by atoms with Crippen molar-refractivity contribution in [2.75, 3.05) is 6.61 Å². The number of carbonyl (C=O) groups is 2. The quantitative estimate of drug-likeness (QED) is 0.267. The highest BCUT2D eigenvalue weighted by atomic mass is 32.2. The third kappa shape index (κ3) is 3.12. The molecular formula is C15H17F4O6S-. The number of hydrogen-bond acceptors (Lipinski definition) is 6. The van der Waals surface area contributed by atoms with Gasteiger partial charge in [0.25, 0.3) is 0 Å². The van der Waals surface area contributed by atoms with Gasteiger partial charge in [-0.3, -0.25) is 13.8 Å². The maximum atomic E-state index is 13.2. The van der Waals surface area contributed by atoms with Gasteiger partial charge in [0, 0.05) is 23.4 Å². The van der Waals surface area contributed by atoms with Crippen molar-refractivity contribution in [1.29, 1.82) is 0 Å². The van der Waals surface area contributed by atoms with Gasteiger partial charge >= 0.3 is 23.1 Å². The standard InChI is InChI=1S/C15H18F4O6S/c16-14(17,15(18,19)26(22)23)3-1-2-4-24-13(21)10-7-5-8-9(6-7)12(20)25-11(8)10/h7-11H,1-6H2,(H,22,23)/p-1. The number of carbonyl (C=O) groups excluding carboxylic acids is 2. The molecule has 3 aliphatic rings. The summed E-state index contributed by atoms with van der Waals surface area (Å²) in [5.74, 6) is -6.24. The van der Waals surface area contributed by atoms with Crippen molar-refractivity contribution in [2.24, 2.45) is 23.7 Å². The second-order valence-electron chi connectivity index (χ2n) is 7.01. The Labute approximate surface area is 148 Å². The molecule has 6 atom stereocenters. The van der Waals surface area contributed by atoms with Crippen molar-refractivity contribution in [3.63, 3.8) is 0 Å². The molecule has 3 rings (SSSR count). The summed E-state index contributed by atoms with van der Waals surface area (Å²) in [6.07, 6.45) is -1.10. The zero-order chi connectivity index (χ0) is 19.3. The number of ether oxygens (including phenoxy) is 2. The molecule has 0 aromatic carbocycles. The van der Waals surface area contributed by atoms with Crippen LogP contribution in [-0.2, 0) is 30.1 Å². The summed E-state index contributed by atoms with van der Waals surface area (Å²) in [5, 5.41) is -5.14. The predicted octanol–water partition coefficient (Wildman–Crippen LogP) is 2.00. The summed E-state index contributed by atoms with van der Waals surface area (Å²) in [7, 11) is 0. The summed E-state index contributed by atoms with van der Waals surface area (Å²) in [6.45, 7) is -0.251. The van der Waals surface area contributed by atoms with Crippen LogP contribution in [0.5, 0.6) is 0 Å². The lowest BCUT2D eigenvalue weighted by molar-refractivity contribution is -0.163. The number of unbranched alkanes of at least 4 members (excludes halogenated alkanes) is 1. The number of hydrogen-bond donors (Lipinski definition) is 0. The Morgan fingerprint density at radius 3 is 2.62 bits per heavy atom. The summed E-state index contributed by atoms with van der Waals surface area (Å²) < 4.78 is 82.9. The van der Waals surface area contributed by atoms with E-state index in [2.05, 4.69) is 0 Å². The first-order valence-electron chi connectivity index (χ1n) is 8.28. The average molecular weight is 401 g/mol. The van der Waals surface area contributed by atoms with Gasteiger partial charge in [-0.1, -0.05) is 0 Å². The van der Waals surface area contributed by atoms with Crippen molar-refractivity contribution < 1.29 is 45.4 Å². The van der Waals surface area contributed by atoms with E-state index < -0.39 is 53.1 Å². The molecule has 0 spiro atoms. The summed E-state index contributed by atoms with van der Waals surface area (Å²) in [6, 6.07) is 0. The highest BCUT2D eigenvalue weighted by Crippen LogP contribution is 2.57. The lowest BCUT2D eigenvalue weighted by Gasteiger charge is -2.28. The maximum Gasteiger partial charge on any atom is 0.371 e. The van der Waals surface area contributed by atoms with E-state index in [1.807, 2.05) is 0 Å². The van der Waals surface area contributed by atoms with Crippen molar-refractivity contribution >= 4 is 23.0 Å². The molecule has 6 unspecified atom stereocenters. The summed E-state index contributed by atoms with van der Waals surface area (Å²) in [4.78, 5) is 23.8. The molecule has 6 nitrogen and oxygen atoms in total. The third-order valence-electron chi connectivity index (χ3n) is 5.52. The van der Waals surface area contributed by atoms with E-state index >= 15 is 0 Å². The van der Waals surface area contributed by atoms with Gasteiger partial charge < -0.3 is 14.0 Å². The van der Waals surface area contributed by atoms with Gasteiger partial charge in [-0.15, -0.1) is 0 Å². The minimum absolute atomic E-state index is 0.00371. The smallest absolute Gasteiger partial charge is 0.371 e. The van der Waals surface area contributed by atoms with E-state index in [4.69, 9.17) is 9.47 Å². The van der Waals surface area contributed by atoms with Crippen LogP contribution in [0, 0.1) is 23.7 Å².